The van der Waals surface area contributed by atoms with Crippen LogP contribution < -0.4 is 0 Å². The number of aryl methyl sites for hydroxylation is 2. The Morgan fingerprint density at radius 1 is 1.37 bits per heavy atom. The molecule has 2 nitrogen and oxygen atoms in total. The van der Waals surface area contributed by atoms with E-state index in [1.54, 1.807) is 0 Å². The van der Waals surface area contributed by atoms with E-state index in [4.69, 9.17) is 0 Å². The number of thioether (sulfide) groups is 1. The van der Waals surface area contributed by atoms with Crippen LogP contribution in [0.5, 0.6) is 0 Å². The maximum atomic E-state index is 12.4. The fourth-order valence-electron chi connectivity index (χ4n) is 3.06. The van der Waals surface area contributed by atoms with Crippen LogP contribution in [0.25, 0.3) is 0 Å². The SMILES string of the molecule is CN(CC(=O)c1ccc2c(c1)CCC2)C1CCSC1. The molecule has 1 aromatic carbocycles. The summed E-state index contributed by atoms with van der Waals surface area (Å²) < 4.78 is 0. The van der Waals surface area contributed by atoms with Crippen LogP contribution in [-0.2, 0) is 12.8 Å². The molecule has 1 aliphatic heterocycles. The summed E-state index contributed by atoms with van der Waals surface area (Å²) in [4.78, 5) is 14.6. The molecule has 0 bridgehead atoms. The average Bonchev–Trinajstić information content (AvgIpc) is 3.09. The van der Waals surface area contributed by atoms with Gasteiger partial charge >= 0.3 is 0 Å². The van der Waals surface area contributed by atoms with E-state index in [-0.39, 0.29) is 5.78 Å². The highest BCUT2D eigenvalue weighted by Gasteiger charge is 2.22. The number of hydrogen-bond acceptors (Lipinski definition) is 3. The summed E-state index contributed by atoms with van der Waals surface area (Å²) in [6.07, 6.45) is 4.79. The average molecular weight is 275 g/mol. The summed E-state index contributed by atoms with van der Waals surface area (Å²) in [5.41, 5.74) is 3.74. The molecule has 1 atom stereocenters. The van der Waals surface area contributed by atoms with E-state index in [0.717, 1.165) is 12.0 Å². The van der Waals surface area contributed by atoms with Gasteiger partial charge in [0, 0.05) is 17.4 Å². The molecule has 19 heavy (non-hydrogen) atoms. The summed E-state index contributed by atoms with van der Waals surface area (Å²) in [5.74, 6) is 2.69. The van der Waals surface area contributed by atoms with Gasteiger partial charge in [0.05, 0.1) is 6.54 Å². The van der Waals surface area contributed by atoms with Gasteiger partial charge in [0.25, 0.3) is 0 Å². The molecular weight excluding hydrogens is 254 g/mol. The van der Waals surface area contributed by atoms with Crippen molar-refractivity contribution in [3.8, 4) is 0 Å². The van der Waals surface area contributed by atoms with Gasteiger partial charge in [-0.15, -0.1) is 0 Å². The van der Waals surface area contributed by atoms with E-state index in [2.05, 4.69) is 24.1 Å². The van der Waals surface area contributed by atoms with Crippen LogP contribution >= 0.6 is 11.8 Å². The van der Waals surface area contributed by atoms with Crippen LogP contribution in [0.2, 0.25) is 0 Å². The number of benzene rings is 1. The minimum atomic E-state index is 0.272. The zero-order valence-corrected chi connectivity index (χ0v) is 12.3. The van der Waals surface area contributed by atoms with E-state index in [9.17, 15) is 4.79 Å². The van der Waals surface area contributed by atoms with Gasteiger partial charge in [-0.25, -0.2) is 0 Å². The van der Waals surface area contributed by atoms with Crippen molar-refractivity contribution in [3.63, 3.8) is 0 Å². The third-order valence-corrected chi connectivity index (χ3v) is 5.49. The number of fused-ring (bicyclic) bond motifs is 1. The van der Waals surface area contributed by atoms with Crippen LogP contribution in [0.4, 0.5) is 0 Å². The van der Waals surface area contributed by atoms with E-state index in [0.29, 0.717) is 12.6 Å². The van der Waals surface area contributed by atoms with Crippen LogP contribution in [0, 0.1) is 0 Å². The van der Waals surface area contributed by atoms with Crippen LogP contribution in [-0.4, -0.2) is 41.8 Å². The quantitative estimate of drug-likeness (QED) is 0.788. The number of ketones is 1. The second-order valence-corrected chi connectivity index (χ2v) is 6.84. The molecule has 1 fully saturated rings. The molecular formula is C16H21NOS. The summed E-state index contributed by atoms with van der Waals surface area (Å²) >= 11 is 2.00. The molecule has 1 unspecified atom stereocenters. The van der Waals surface area contributed by atoms with Gasteiger partial charge in [-0.05, 0) is 55.7 Å². The van der Waals surface area contributed by atoms with Gasteiger partial charge < -0.3 is 0 Å². The lowest BCUT2D eigenvalue weighted by Crippen LogP contribution is -2.35. The molecule has 102 valence electrons. The molecule has 2 aliphatic rings. The highest BCUT2D eigenvalue weighted by atomic mass is 32.2. The molecule has 0 radical (unpaired) electrons. The van der Waals surface area contributed by atoms with Crippen molar-refractivity contribution in [1.82, 2.24) is 4.90 Å². The third-order valence-electron chi connectivity index (χ3n) is 4.34. The second kappa shape index (κ2) is 5.68. The van der Waals surface area contributed by atoms with Crippen molar-refractivity contribution in [1.29, 1.82) is 0 Å². The van der Waals surface area contributed by atoms with Crippen molar-refractivity contribution >= 4 is 17.5 Å². The zero-order chi connectivity index (χ0) is 13.2. The van der Waals surface area contributed by atoms with Gasteiger partial charge in [0.1, 0.15) is 0 Å². The zero-order valence-electron chi connectivity index (χ0n) is 11.5. The first kappa shape index (κ1) is 13.2. The molecule has 0 aromatic heterocycles. The number of carbonyl (C=O) groups excluding carboxylic acids is 1. The molecule has 0 N–H and O–H groups in total. The largest absolute Gasteiger partial charge is 0.295 e. The normalized spacial score (nSPS) is 21.9. The van der Waals surface area contributed by atoms with Crippen LogP contribution in [0.15, 0.2) is 18.2 Å². The van der Waals surface area contributed by atoms with Crippen molar-refractivity contribution in [3.05, 3.63) is 34.9 Å². The molecule has 1 aliphatic carbocycles. The maximum absolute atomic E-state index is 12.4. The van der Waals surface area contributed by atoms with E-state index >= 15 is 0 Å². The molecule has 0 amide bonds. The Morgan fingerprint density at radius 3 is 3.00 bits per heavy atom. The topological polar surface area (TPSA) is 20.3 Å². The Kier molecular flexibility index (Phi) is 3.94. The first-order valence-corrected chi connectivity index (χ1v) is 8.32. The van der Waals surface area contributed by atoms with Gasteiger partial charge in [-0.3, -0.25) is 9.69 Å². The molecule has 0 spiro atoms. The van der Waals surface area contributed by atoms with Gasteiger partial charge in [0.15, 0.2) is 5.78 Å². The van der Waals surface area contributed by atoms with E-state index < -0.39 is 0 Å². The summed E-state index contributed by atoms with van der Waals surface area (Å²) in [5, 5.41) is 0. The second-order valence-electron chi connectivity index (χ2n) is 5.69. The van der Waals surface area contributed by atoms with Gasteiger partial charge in [-0.1, -0.05) is 12.1 Å². The monoisotopic (exact) mass is 275 g/mol. The molecule has 3 rings (SSSR count). The number of nitrogens with zero attached hydrogens (tertiary/aromatic N) is 1. The summed E-state index contributed by atoms with van der Waals surface area (Å²) in [6.45, 7) is 0.560. The van der Waals surface area contributed by atoms with E-state index in [1.165, 1.54) is 41.9 Å². The Morgan fingerprint density at radius 2 is 2.21 bits per heavy atom. The highest BCUT2D eigenvalue weighted by Crippen LogP contribution is 2.24. The smallest absolute Gasteiger partial charge is 0.176 e. The van der Waals surface area contributed by atoms with Crippen molar-refractivity contribution in [2.75, 3.05) is 25.1 Å². The standard InChI is InChI=1S/C16H21NOS/c1-17(15-7-8-19-11-15)10-16(18)14-6-5-12-3-2-4-13(12)9-14/h5-6,9,15H,2-4,7-8,10-11H2,1H3. The molecule has 1 saturated heterocycles. The molecule has 3 heteroatoms. The van der Waals surface area contributed by atoms with Crippen LogP contribution in [0.3, 0.4) is 0 Å². The fourth-order valence-corrected chi connectivity index (χ4v) is 4.36. The summed E-state index contributed by atoms with van der Waals surface area (Å²) in [6, 6.07) is 6.88. The maximum Gasteiger partial charge on any atom is 0.176 e. The Balaban J connectivity index is 1.66. The number of rotatable bonds is 4. The number of Topliss-reactive ketones (excluding diaryl/α,β-unsaturated/α-hetero) is 1. The summed E-state index contributed by atoms with van der Waals surface area (Å²) in [7, 11) is 2.09. The number of carbonyl (C=O) groups is 1. The third kappa shape index (κ3) is 2.87. The first-order valence-electron chi connectivity index (χ1n) is 7.17. The van der Waals surface area contributed by atoms with Crippen LogP contribution in [0.1, 0.15) is 34.3 Å². The van der Waals surface area contributed by atoms with Crippen molar-refractivity contribution < 1.29 is 4.79 Å². The first-order chi connectivity index (χ1) is 9.24. The molecule has 1 aromatic rings. The molecule has 0 saturated carbocycles. The highest BCUT2D eigenvalue weighted by molar-refractivity contribution is 7.99. The van der Waals surface area contributed by atoms with E-state index in [1.807, 2.05) is 17.8 Å². The Bertz CT molecular complexity index is 480. The number of likely N-dealkylation sites (N-methyl/N-ethyl adjacent to an activating group) is 1. The number of hydrogen-bond donors (Lipinski definition) is 0. The Labute approximate surface area is 119 Å². The fraction of sp³-hybridized carbons (Fsp3) is 0.562. The minimum absolute atomic E-state index is 0.272. The predicted molar refractivity (Wildman–Crippen MR) is 81.2 cm³/mol. The lowest BCUT2D eigenvalue weighted by atomic mass is 10.0. The van der Waals surface area contributed by atoms with Gasteiger partial charge in [0.2, 0.25) is 0 Å². The lowest BCUT2D eigenvalue weighted by Gasteiger charge is -2.22. The predicted octanol–water partition coefficient (Wildman–Crippen LogP) is 2.80. The molecule has 1 heterocycles. The Hall–Kier alpha value is -0.800. The minimum Gasteiger partial charge on any atom is -0.295 e. The van der Waals surface area contributed by atoms with Crippen molar-refractivity contribution in [2.24, 2.45) is 0 Å². The lowest BCUT2D eigenvalue weighted by molar-refractivity contribution is 0.0926. The van der Waals surface area contributed by atoms with Gasteiger partial charge in [-0.2, -0.15) is 11.8 Å². The van der Waals surface area contributed by atoms with Crippen molar-refractivity contribution in [2.45, 2.75) is 31.7 Å².